The fourth-order valence-corrected chi connectivity index (χ4v) is 3.16. The van der Waals surface area contributed by atoms with Crippen LogP contribution in [0.1, 0.15) is 39.2 Å². The number of benzene rings is 1. The molecule has 6 nitrogen and oxygen atoms in total. The molecule has 1 saturated heterocycles. The van der Waals surface area contributed by atoms with Crippen LogP contribution in [0.3, 0.4) is 0 Å². The Kier molecular flexibility index (Phi) is 10.7. The first kappa shape index (κ1) is 23.7. The molecule has 1 aliphatic heterocycles. The third kappa shape index (κ3) is 7.65. The van der Waals surface area contributed by atoms with Crippen LogP contribution >= 0.6 is 24.0 Å². The highest BCUT2D eigenvalue weighted by molar-refractivity contribution is 14.0. The number of nitrogens with one attached hydrogen (secondary N) is 3. The molecule has 1 unspecified atom stereocenters. The summed E-state index contributed by atoms with van der Waals surface area (Å²) in [5.41, 5.74) is 1.97. The van der Waals surface area contributed by atoms with Crippen LogP contribution in [0.15, 0.2) is 29.3 Å². The van der Waals surface area contributed by atoms with Gasteiger partial charge in [0.05, 0.1) is 0 Å². The molecule has 3 N–H and O–H groups in total. The van der Waals surface area contributed by atoms with Crippen molar-refractivity contribution in [1.82, 2.24) is 15.5 Å². The van der Waals surface area contributed by atoms with E-state index >= 15 is 0 Å². The minimum absolute atomic E-state index is 0. The Morgan fingerprint density at radius 3 is 2.56 bits per heavy atom. The lowest BCUT2D eigenvalue weighted by Gasteiger charge is -2.24. The SMILES string of the molecule is CCN1CCCC1CNC(=NC)NCc1ccc(NC(=O)C(C)C)cc1.I. The molecule has 1 amide bonds. The maximum absolute atomic E-state index is 11.7. The van der Waals surface area contributed by atoms with Gasteiger partial charge in [0.1, 0.15) is 0 Å². The topological polar surface area (TPSA) is 68.8 Å². The van der Waals surface area contributed by atoms with Crippen molar-refractivity contribution < 1.29 is 4.79 Å². The van der Waals surface area contributed by atoms with E-state index in [1.165, 1.54) is 19.4 Å². The third-order valence-corrected chi connectivity index (χ3v) is 4.84. The van der Waals surface area contributed by atoms with Crippen molar-refractivity contribution in [2.75, 3.05) is 32.0 Å². The van der Waals surface area contributed by atoms with Crippen LogP contribution in [0.5, 0.6) is 0 Å². The van der Waals surface area contributed by atoms with Gasteiger partial charge in [0.25, 0.3) is 0 Å². The van der Waals surface area contributed by atoms with Gasteiger partial charge in [0.15, 0.2) is 5.96 Å². The normalized spacial score (nSPS) is 17.5. The fraction of sp³-hybridized carbons (Fsp3) is 0.600. The number of likely N-dealkylation sites (N-methyl/N-ethyl adjacent to an activating group) is 1. The van der Waals surface area contributed by atoms with Crippen molar-refractivity contribution in [2.45, 2.75) is 46.2 Å². The quantitative estimate of drug-likeness (QED) is 0.314. The molecule has 1 fully saturated rings. The Bertz CT molecular complexity index is 603. The van der Waals surface area contributed by atoms with E-state index in [2.05, 4.69) is 32.8 Å². The number of rotatable bonds is 7. The van der Waals surface area contributed by atoms with Gasteiger partial charge in [-0.2, -0.15) is 0 Å². The Balaban J connectivity index is 0.00000364. The number of carbonyl (C=O) groups is 1. The van der Waals surface area contributed by atoms with Crippen LogP contribution in [-0.2, 0) is 11.3 Å². The highest BCUT2D eigenvalue weighted by atomic mass is 127. The number of likely N-dealkylation sites (tertiary alicyclic amines) is 1. The second kappa shape index (κ2) is 12.2. The molecule has 1 aromatic rings. The fourth-order valence-electron chi connectivity index (χ4n) is 3.16. The number of carbonyl (C=O) groups excluding carboxylic acids is 1. The van der Waals surface area contributed by atoms with E-state index < -0.39 is 0 Å². The van der Waals surface area contributed by atoms with Crippen molar-refractivity contribution in [3.05, 3.63) is 29.8 Å². The number of hydrogen-bond acceptors (Lipinski definition) is 3. The zero-order chi connectivity index (χ0) is 18.9. The van der Waals surface area contributed by atoms with E-state index in [9.17, 15) is 4.79 Å². The maximum atomic E-state index is 11.7. The van der Waals surface area contributed by atoms with Crippen molar-refractivity contribution in [1.29, 1.82) is 0 Å². The Labute approximate surface area is 180 Å². The van der Waals surface area contributed by atoms with Gasteiger partial charge in [-0.25, -0.2) is 0 Å². The van der Waals surface area contributed by atoms with E-state index in [1.54, 1.807) is 7.05 Å². The van der Waals surface area contributed by atoms with Crippen LogP contribution in [0.4, 0.5) is 5.69 Å². The Morgan fingerprint density at radius 1 is 1.26 bits per heavy atom. The molecule has 0 bridgehead atoms. The smallest absolute Gasteiger partial charge is 0.226 e. The predicted molar refractivity (Wildman–Crippen MR) is 124 cm³/mol. The number of hydrogen-bond donors (Lipinski definition) is 3. The number of amides is 1. The van der Waals surface area contributed by atoms with Crippen molar-refractivity contribution in [2.24, 2.45) is 10.9 Å². The zero-order valence-corrected chi connectivity index (χ0v) is 19.2. The molecular formula is C20H34IN5O. The number of guanidine groups is 1. The zero-order valence-electron chi connectivity index (χ0n) is 16.9. The van der Waals surface area contributed by atoms with Gasteiger partial charge in [-0.05, 0) is 43.6 Å². The summed E-state index contributed by atoms with van der Waals surface area (Å²) in [5.74, 6) is 0.841. The molecule has 1 heterocycles. The summed E-state index contributed by atoms with van der Waals surface area (Å²) in [5, 5.41) is 9.70. The summed E-state index contributed by atoms with van der Waals surface area (Å²) in [7, 11) is 1.80. The molecule has 0 aromatic heterocycles. The average molecular weight is 487 g/mol. The summed E-state index contributed by atoms with van der Waals surface area (Å²) in [6.45, 7) is 9.92. The van der Waals surface area contributed by atoms with Gasteiger partial charge in [0, 0.05) is 37.8 Å². The van der Waals surface area contributed by atoms with Crippen LogP contribution < -0.4 is 16.0 Å². The maximum Gasteiger partial charge on any atom is 0.226 e. The summed E-state index contributed by atoms with van der Waals surface area (Å²) in [6.07, 6.45) is 2.54. The molecule has 152 valence electrons. The second-order valence-corrected chi connectivity index (χ2v) is 7.07. The molecule has 0 radical (unpaired) electrons. The molecule has 1 atom stereocenters. The molecule has 2 rings (SSSR count). The standard InChI is InChI=1S/C20H33N5O.HI/c1-5-25-12-6-7-18(25)14-23-20(21-4)22-13-16-8-10-17(11-9-16)24-19(26)15(2)3;/h8-11,15,18H,5-7,12-14H2,1-4H3,(H,24,26)(H2,21,22,23);1H. The molecule has 0 spiro atoms. The summed E-state index contributed by atoms with van der Waals surface area (Å²) in [6, 6.07) is 8.51. The largest absolute Gasteiger partial charge is 0.355 e. The lowest BCUT2D eigenvalue weighted by atomic mass is 10.1. The van der Waals surface area contributed by atoms with E-state index in [0.29, 0.717) is 12.6 Å². The van der Waals surface area contributed by atoms with Gasteiger partial charge >= 0.3 is 0 Å². The molecule has 0 aliphatic carbocycles. The number of anilines is 1. The van der Waals surface area contributed by atoms with Crippen molar-refractivity contribution in [3.8, 4) is 0 Å². The van der Waals surface area contributed by atoms with Crippen LogP contribution in [0.25, 0.3) is 0 Å². The number of aliphatic imine (C=N–C) groups is 1. The highest BCUT2D eigenvalue weighted by Crippen LogP contribution is 2.15. The van der Waals surface area contributed by atoms with Gasteiger partial charge in [-0.1, -0.05) is 32.9 Å². The van der Waals surface area contributed by atoms with Gasteiger partial charge in [-0.15, -0.1) is 24.0 Å². The molecule has 7 heteroatoms. The van der Waals surface area contributed by atoms with E-state index in [0.717, 1.165) is 30.3 Å². The monoisotopic (exact) mass is 487 g/mol. The van der Waals surface area contributed by atoms with Gasteiger partial charge < -0.3 is 16.0 Å². The number of nitrogens with zero attached hydrogens (tertiary/aromatic N) is 2. The highest BCUT2D eigenvalue weighted by Gasteiger charge is 2.22. The average Bonchev–Trinajstić information content (AvgIpc) is 3.10. The lowest BCUT2D eigenvalue weighted by Crippen LogP contribution is -2.44. The molecule has 1 aliphatic rings. The summed E-state index contributed by atoms with van der Waals surface area (Å²) >= 11 is 0. The summed E-state index contributed by atoms with van der Waals surface area (Å²) < 4.78 is 0. The van der Waals surface area contributed by atoms with Gasteiger partial charge in [0.2, 0.25) is 5.91 Å². The molecule has 27 heavy (non-hydrogen) atoms. The minimum Gasteiger partial charge on any atom is -0.355 e. The van der Waals surface area contributed by atoms with E-state index in [4.69, 9.17) is 0 Å². The molecular weight excluding hydrogens is 453 g/mol. The third-order valence-electron chi connectivity index (χ3n) is 4.84. The van der Waals surface area contributed by atoms with Crippen molar-refractivity contribution >= 4 is 41.5 Å². The lowest BCUT2D eigenvalue weighted by molar-refractivity contribution is -0.118. The second-order valence-electron chi connectivity index (χ2n) is 7.07. The first-order valence-corrected chi connectivity index (χ1v) is 9.61. The van der Waals surface area contributed by atoms with E-state index in [1.807, 2.05) is 38.1 Å². The number of halogens is 1. The molecule has 0 saturated carbocycles. The minimum atomic E-state index is -0.0192. The Morgan fingerprint density at radius 2 is 1.96 bits per heavy atom. The first-order valence-electron chi connectivity index (χ1n) is 9.61. The predicted octanol–water partition coefficient (Wildman–Crippen LogP) is 3.05. The summed E-state index contributed by atoms with van der Waals surface area (Å²) in [4.78, 5) is 18.6. The van der Waals surface area contributed by atoms with Crippen LogP contribution in [-0.4, -0.2) is 49.5 Å². The van der Waals surface area contributed by atoms with Crippen LogP contribution in [0.2, 0.25) is 0 Å². The van der Waals surface area contributed by atoms with Gasteiger partial charge in [-0.3, -0.25) is 14.7 Å². The molecule has 1 aromatic carbocycles. The van der Waals surface area contributed by atoms with Crippen LogP contribution in [0, 0.1) is 5.92 Å². The Hall–Kier alpha value is -1.35. The first-order chi connectivity index (χ1) is 12.5. The van der Waals surface area contributed by atoms with E-state index in [-0.39, 0.29) is 35.8 Å². The van der Waals surface area contributed by atoms with Crippen molar-refractivity contribution in [3.63, 3.8) is 0 Å².